The first-order valence-corrected chi connectivity index (χ1v) is 14.0. The van der Waals surface area contributed by atoms with Crippen molar-refractivity contribution in [2.24, 2.45) is 12.2 Å². The van der Waals surface area contributed by atoms with Crippen LogP contribution in [0.3, 0.4) is 0 Å². The summed E-state index contributed by atoms with van der Waals surface area (Å²) >= 11 is 3.66. The van der Waals surface area contributed by atoms with Crippen LogP contribution >= 0.6 is 34.9 Å². The highest BCUT2D eigenvalue weighted by Gasteiger charge is 2.54. The number of aliphatic carboxylic acids is 1. The van der Waals surface area contributed by atoms with E-state index in [1.807, 2.05) is 0 Å². The van der Waals surface area contributed by atoms with Gasteiger partial charge in [0.2, 0.25) is 10.8 Å². The third-order valence-electron chi connectivity index (χ3n) is 5.86. The number of carbonyl (C=O) groups is 3. The zero-order chi connectivity index (χ0) is 28.0. The number of nitrogens with one attached hydrogen (secondary N) is 1. The molecule has 0 radical (unpaired) electrons. The number of thiazole rings is 1. The molecule has 16 nitrogen and oxygen atoms in total. The first-order chi connectivity index (χ1) is 18.6. The summed E-state index contributed by atoms with van der Waals surface area (Å²) in [5.41, 5.74) is 18.5. The Labute approximate surface area is 232 Å². The molecule has 19 heteroatoms. The van der Waals surface area contributed by atoms with Gasteiger partial charge in [-0.15, -0.1) is 23.1 Å². The number of nitrogens with two attached hydrogens (primary N) is 3. The fourth-order valence-corrected chi connectivity index (χ4v) is 7.03. The minimum atomic E-state index is -1.26. The molecule has 0 spiro atoms. The number of rotatable bonds is 8. The van der Waals surface area contributed by atoms with Crippen molar-refractivity contribution in [2.45, 2.75) is 16.6 Å². The number of oxime groups is 1. The van der Waals surface area contributed by atoms with E-state index < -0.39 is 29.2 Å². The standard InChI is InChI=1S/C20H21N11O5S3/c1-29-10-3-9(21)25-20(31(10)27-18(29)22)39-5-7-4-37-16-12(15(33)30(16)13(7)17(34)35)26-14(32)11(28-36-2)8-6-38-19(23)24-8/h3,6,12,16,21H,4-5H2,1-2H3,(H6,22,23,24,26,27,32,34,35)/p+1/b28-11-/t12?,16-/m1/s1. The zero-order valence-corrected chi connectivity index (χ0v) is 22.8. The van der Waals surface area contributed by atoms with Crippen molar-refractivity contribution in [3.05, 3.63) is 28.4 Å². The third kappa shape index (κ3) is 4.68. The van der Waals surface area contributed by atoms with Gasteiger partial charge in [-0.1, -0.05) is 21.4 Å². The number of aryl methyl sites for hydroxylation is 1. The van der Waals surface area contributed by atoms with Crippen molar-refractivity contribution >= 4 is 80.9 Å². The molecule has 39 heavy (non-hydrogen) atoms. The quantitative estimate of drug-likeness (QED) is 0.0508. The van der Waals surface area contributed by atoms with E-state index in [9.17, 15) is 19.5 Å². The molecule has 2 aliphatic rings. The molecule has 3 aromatic heterocycles. The monoisotopic (exact) mass is 592 g/mol. The number of fused-ring (bicyclic) bond motifs is 2. The molecule has 8 N–H and O–H groups in total. The van der Waals surface area contributed by atoms with E-state index in [1.54, 1.807) is 17.7 Å². The molecule has 2 atom stereocenters. The minimum Gasteiger partial charge on any atom is -0.477 e. The van der Waals surface area contributed by atoms with Crippen molar-refractivity contribution in [3.63, 3.8) is 0 Å². The Morgan fingerprint density at radius 3 is 2.79 bits per heavy atom. The summed E-state index contributed by atoms with van der Waals surface area (Å²) in [5.74, 6) is -1.52. The molecule has 1 fully saturated rings. The van der Waals surface area contributed by atoms with E-state index in [-0.39, 0.29) is 39.8 Å². The van der Waals surface area contributed by atoms with Crippen LogP contribution in [0.5, 0.6) is 0 Å². The van der Waals surface area contributed by atoms with Crippen LogP contribution in [0.2, 0.25) is 0 Å². The van der Waals surface area contributed by atoms with Crippen LogP contribution < -0.4 is 27.1 Å². The van der Waals surface area contributed by atoms with Crippen LogP contribution in [0.1, 0.15) is 5.69 Å². The lowest BCUT2D eigenvalue weighted by Gasteiger charge is -2.49. The summed E-state index contributed by atoms with van der Waals surface area (Å²) in [5, 5.41) is 22.1. The number of thioether (sulfide) groups is 2. The molecule has 1 saturated heterocycles. The fourth-order valence-electron chi connectivity index (χ4n) is 4.04. The molecule has 0 saturated carbocycles. The molecule has 0 aromatic carbocycles. The number of hydrogen-bond donors (Lipinski definition) is 5. The normalized spacial score (nSPS) is 19.2. The van der Waals surface area contributed by atoms with Gasteiger partial charge >= 0.3 is 11.9 Å². The highest BCUT2D eigenvalue weighted by Crippen LogP contribution is 2.41. The second-order valence-electron chi connectivity index (χ2n) is 8.25. The van der Waals surface area contributed by atoms with Crippen molar-refractivity contribution in [2.75, 3.05) is 35.8 Å². The van der Waals surface area contributed by atoms with Crippen LogP contribution in [0, 0.1) is 0 Å². The van der Waals surface area contributed by atoms with Crippen molar-refractivity contribution < 1.29 is 28.9 Å². The fraction of sp³-hybridized carbons (Fsp3) is 0.300. The molecular formula is C20H22N11O5S3+. The average Bonchev–Trinajstić information content (AvgIpc) is 3.45. The summed E-state index contributed by atoms with van der Waals surface area (Å²) in [6.45, 7) is 0. The number of carboxylic acids is 1. The summed E-state index contributed by atoms with van der Waals surface area (Å²) in [6, 6.07) is 0.654. The number of nitrogens with zero attached hydrogens (tertiary/aromatic N) is 7. The van der Waals surface area contributed by atoms with E-state index in [1.165, 1.54) is 45.4 Å². The van der Waals surface area contributed by atoms with Gasteiger partial charge in [-0.2, -0.15) is 4.98 Å². The number of hydrogen-bond acceptors (Lipinski definition) is 14. The molecule has 2 amide bonds. The summed E-state index contributed by atoms with van der Waals surface area (Å²) < 4.78 is 3.16. The van der Waals surface area contributed by atoms with Gasteiger partial charge in [-0.3, -0.25) is 14.5 Å². The topological polar surface area (TPSA) is 233 Å². The van der Waals surface area contributed by atoms with Crippen molar-refractivity contribution in [1.29, 1.82) is 0 Å². The smallest absolute Gasteiger partial charge is 0.376 e. The zero-order valence-electron chi connectivity index (χ0n) is 20.4. The molecular weight excluding hydrogens is 570 g/mol. The summed E-state index contributed by atoms with van der Waals surface area (Å²) in [6.07, 6.45) is 0. The predicted octanol–water partition coefficient (Wildman–Crippen LogP) is -1.36. The maximum Gasteiger partial charge on any atom is 0.376 e. The Bertz CT molecular complexity index is 1580. The van der Waals surface area contributed by atoms with Crippen molar-refractivity contribution in [1.82, 2.24) is 29.8 Å². The lowest BCUT2D eigenvalue weighted by Crippen LogP contribution is -2.71. The Balaban J connectivity index is 1.35. The van der Waals surface area contributed by atoms with E-state index in [2.05, 4.69) is 25.5 Å². The number of aromatic nitrogens is 5. The molecule has 0 aliphatic carbocycles. The number of nitrogen functional groups attached to an aromatic ring is 3. The summed E-state index contributed by atoms with van der Waals surface area (Å²) in [7, 11) is 3.00. The minimum absolute atomic E-state index is 0.134. The van der Waals surface area contributed by atoms with Crippen LogP contribution in [0.15, 0.2) is 33.0 Å². The van der Waals surface area contributed by atoms with Gasteiger partial charge in [0, 0.05) is 28.1 Å². The van der Waals surface area contributed by atoms with E-state index in [0.717, 1.165) is 11.3 Å². The number of β-lactam (4-membered cyclic amide) rings is 1. The lowest BCUT2D eigenvalue weighted by molar-refractivity contribution is -0.631. The van der Waals surface area contributed by atoms with Crippen LogP contribution in [0.4, 0.5) is 16.9 Å². The lowest BCUT2D eigenvalue weighted by atomic mass is 10.0. The second kappa shape index (κ2) is 10.2. The van der Waals surface area contributed by atoms with Crippen LogP contribution in [0.25, 0.3) is 5.65 Å². The third-order valence-corrected chi connectivity index (χ3v) is 8.89. The molecule has 0 bridgehead atoms. The number of carbonyl (C=O) groups excluding carboxylic acids is 2. The van der Waals surface area contributed by atoms with Gasteiger partial charge in [0.25, 0.3) is 11.8 Å². The maximum atomic E-state index is 13.1. The Morgan fingerprint density at radius 2 is 2.13 bits per heavy atom. The molecule has 5 heterocycles. The van der Waals surface area contributed by atoms with Gasteiger partial charge in [0.15, 0.2) is 10.8 Å². The van der Waals surface area contributed by atoms with Crippen molar-refractivity contribution in [3.8, 4) is 0 Å². The Kier molecular flexibility index (Phi) is 6.95. The molecule has 204 valence electrons. The summed E-state index contributed by atoms with van der Waals surface area (Å²) in [4.78, 5) is 52.5. The number of carboxylic acid groups (broad SMARTS) is 1. The maximum absolute atomic E-state index is 13.1. The van der Waals surface area contributed by atoms with Gasteiger partial charge in [-0.05, 0) is 5.57 Å². The number of amides is 2. The predicted molar refractivity (Wildman–Crippen MR) is 143 cm³/mol. The van der Waals surface area contributed by atoms with E-state index in [0.29, 0.717) is 22.1 Å². The van der Waals surface area contributed by atoms with E-state index in [4.69, 9.17) is 22.0 Å². The molecule has 1 unspecified atom stereocenters. The SMILES string of the molecule is CO/N=C(\C(=O)NC1C(=O)N2C(C(=O)O)=C(CSc3nc(N)cc4n3nc(N)[n+]4C)CS[C@H]12)c1csc(N)n1. The van der Waals surface area contributed by atoms with Gasteiger partial charge in [0.05, 0.1) is 7.05 Å². The molecule has 2 aliphatic heterocycles. The Morgan fingerprint density at radius 1 is 1.36 bits per heavy atom. The highest BCUT2D eigenvalue weighted by atomic mass is 32.2. The Hall–Kier alpha value is -4.10. The first-order valence-electron chi connectivity index (χ1n) is 11.1. The van der Waals surface area contributed by atoms with Crippen LogP contribution in [-0.4, -0.2) is 83.1 Å². The largest absolute Gasteiger partial charge is 0.477 e. The van der Waals surface area contributed by atoms with E-state index >= 15 is 0 Å². The average molecular weight is 593 g/mol. The molecule has 5 rings (SSSR count). The van der Waals surface area contributed by atoms with Gasteiger partial charge in [-0.25, -0.2) is 14.3 Å². The number of anilines is 3. The van der Waals surface area contributed by atoms with Crippen LogP contribution in [-0.2, 0) is 26.3 Å². The second-order valence-corrected chi connectivity index (χ2v) is 11.2. The van der Waals surface area contributed by atoms with Gasteiger partial charge < -0.3 is 32.5 Å². The van der Waals surface area contributed by atoms with Gasteiger partial charge in [0.1, 0.15) is 35.7 Å². The first kappa shape index (κ1) is 26.5. The molecule has 3 aromatic rings. The highest BCUT2D eigenvalue weighted by molar-refractivity contribution is 8.01.